The molecule has 1 amide bonds. The summed E-state index contributed by atoms with van der Waals surface area (Å²) in [6.07, 6.45) is 7.32. The van der Waals surface area contributed by atoms with Gasteiger partial charge in [-0.05, 0) is 31.9 Å². The first-order valence-corrected chi connectivity index (χ1v) is 8.18. The smallest absolute Gasteiger partial charge is 0.227 e. The van der Waals surface area contributed by atoms with Gasteiger partial charge in [-0.25, -0.2) is 0 Å². The Morgan fingerprint density at radius 1 is 1.35 bits per heavy atom. The van der Waals surface area contributed by atoms with Crippen LogP contribution in [0.15, 0.2) is 27.5 Å². The molecule has 4 rings (SSSR count). The number of aryl methyl sites for hydroxylation is 1. The fourth-order valence-electron chi connectivity index (χ4n) is 3.60. The molecule has 7 nitrogen and oxygen atoms in total. The van der Waals surface area contributed by atoms with E-state index in [-0.39, 0.29) is 5.91 Å². The molecule has 2 fully saturated rings. The molecule has 0 saturated carbocycles. The molecule has 0 aliphatic carbocycles. The summed E-state index contributed by atoms with van der Waals surface area (Å²) in [6, 6.07) is 2.52. The molecule has 2 aliphatic heterocycles. The largest absolute Gasteiger partial charge is 0.472 e. The summed E-state index contributed by atoms with van der Waals surface area (Å²) in [5.41, 5.74) is 0.781. The van der Waals surface area contributed by atoms with Gasteiger partial charge in [0.1, 0.15) is 6.26 Å². The summed E-state index contributed by atoms with van der Waals surface area (Å²) in [5, 5.41) is 7.34. The Kier molecular flexibility index (Phi) is 3.87. The average molecular weight is 316 g/mol. The second kappa shape index (κ2) is 6.16. The van der Waals surface area contributed by atoms with Crippen LogP contribution in [0.25, 0.3) is 11.4 Å². The number of hydrogen-bond donors (Lipinski definition) is 1. The molecule has 0 spiro atoms. The first-order valence-electron chi connectivity index (χ1n) is 8.18. The normalized spacial score (nSPS) is 23.9. The van der Waals surface area contributed by atoms with Crippen LogP contribution < -0.4 is 5.32 Å². The maximum atomic E-state index is 12.6. The monoisotopic (exact) mass is 316 g/mol. The second-order valence-electron chi connectivity index (χ2n) is 6.20. The zero-order valence-electron chi connectivity index (χ0n) is 12.9. The molecule has 23 heavy (non-hydrogen) atoms. The van der Waals surface area contributed by atoms with Crippen LogP contribution >= 0.6 is 0 Å². The van der Waals surface area contributed by atoms with Gasteiger partial charge in [-0.15, -0.1) is 0 Å². The molecule has 2 aliphatic rings. The number of furan rings is 1. The standard InChI is InChI=1S/C16H20N4O3/c21-15(20-12-1-2-13(20)9-17-7-5-12)4-3-14-18-16(19-23-14)11-6-8-22-10-11/h6,8,10,12-13,17H,1-5,7,9H2. The first kappa shape index (κ1) is 14.4. The Labute approximate surface area is 134 Å². The van der Waals surface area contributed by atoms with E-state index in [0.717, 1.165) is 37.9 Å². The van der Waals surface area contributed by atoms with E-state index in [2.05, 4.69) is 20.4 Å². The second-order valence-corrected chi connectivity index (χ2v) is 6.20. The van der Waals surface area contributed by atoms with Crippen LogP contribution in [0.2, 0.25) is 0 Å². The summed E-state index contributed by atoms with van der Waals surface area (Å²) in [5.74, 6) is 1.19. The maximum absolute atomic E-state index is 12.6. The lowest BCUT2D eigenvalue weighted by atomic mass is 10.1. The van der Waals surface area contributed by atoms with Gasteiger partial charge in [0, 0.05) is 31.5 Å². The SMILES string of the molecule is O=C(CCc1nc(-c2ccoc2)no1)N1C2CCNCC1CC2. The molecule has 2 atom stereocenters. The molecule has 2 unspecified atom stereocenters. The molecular weight excluding hydrogens is 296 g/mol. The Bertz CT molecular complexity index is 653. The molecule has 122 valence electrons. The van der Waals surface area contributed by atoms with Crippen molar-refractivity contribution < 1.29 is 13.7 Å². The van der Waals surface area contributed by atoms with E-state index in [4.69, 9.17) is 8.94 Å². The van der Waals surface area contributed by atoms with E-state index < -0.39 is 0 Å². The summed E-state index contributed by atoms with van der Waals surface area (Å²) >= 11 is 0. The lowest BCUT2D eigenvalue weighted by Crippen LogP contribution is -2.42. The average Bonchev–Trinajstić information content (AvgIpc) is 3.23. The highest BCUT2D eigenvalue weighted by Gasteiger charge is 2.37. The number of carbonyl (C=O) groups excluding carboxylic acids is 1. The highest BCUT2D eigenvalue weighted by atomic mass is 16.5. The van der Waals surface area contributed by atoms with Gasteiger partial charge in [-0.3, -0.25) is 4.79 Å². The number of fused-ring (bicyclic) bond motifs is 2. The first-order chi connectivity index (χ1) is 11.3. The summed E-state index contributed by atoms with van der Waals surface area (Å²) in [4.78, 5) is 19.0. The van der Waals surface area contributed by atoms with E-state index in [1.165, 1.54) is 0 Å². The minimum absolute atomic E-state index is 0.198. The van der Waals surface area contributed by atoms with Crippen LogP contribution in [0.5, 0.6) is 0 Å². The van der Waals surface area contributed by atoms with Crippen LogP contribution in [-0.4, -0.2) is 46.1 Å². The number of rotatable bonds is 4. The fraction of sp³-hybridized carbons (Fsp3) is 0.562. The maximum Gasteiger partial charge on any atom is 0.227 e. The van der Waals surface area contributed by atoms with Crippen molar-refractivity contribution in [3.63, 3.8) is 0 Å². The van der Waals surface area contributed by atoms with E-state index in [0.29, 0.717) is 36.6 Å². The van der Waals surface area contributed by atoms with Gasteiger partial charge in [-0.2, -0.15) is 4.98 Å². The molecule has 4 heterocycles. The minimum atomic E-state index is 0.198. The van der Waals surface area contributed by atoms with Crippen molar-refractivity contribution in [2.24, 2.45) is 0 Å². The Morgan fingerprint density at radius 2 is 2.26 bits per heavy atom. The van der Waals surface area contributed by atoms with E-state index >= 15 is 0 Å². The number of hydrogen-bond acceptors (Lipinski definition) is 6. The zero-order chi connectivity index (χ0) is 15.6. The van der Waals surface area contributed by atoms with Crippen molar-refractivity contribution in [1.29, 1.82) is 0 Å². The molecule has 2 bridgehead atoms. The molecule has 0 radical (unpaired) electrons. The zero-order valence-corrected chi connectivity index (χ0v) is 12.9. The number of nitrogens with one attached hydrogen (secondary N) is 1. The van der Waals surface area contributed by atoms with Crippen molar-refractivity contribution in [3.8, 4) is 11.4 Å². The van der Waals surface area contributed by atoms with Crippen LogP contribution in [0.3, 0.4) is 0 Å². The van der Waals surface area contributed by atoms with Gasteiger partial charge in [-0.1, -0.05) is 5.16 Å². The van der Waals surface area contributed by atoms with Crippen LogP contribution in [0.1, 0.15) is 31.6 Å². The topological polar surface area (TPSA) is 84.4 Å². The predicted octanol–water partition coefficient (Wildman–Crippen LogP) is 1.62. The van der Waals surface area contributed by atoms with Gasteiger partial charge in [0.15, 0.2) is 0 Å². The van der Waals surface area contributed by atoms with Gasteiger partial charge >= 0.3 is 0 Å². The minimum Gasteiger partial charge on any atom is -0.472 e. The number of nitrogens with zero attached hydrogens (tertiary/aromatic N) is 3. The van der Waals surface area contributed by atoms with Crippen LogP contribution in [-0.2, 0) is 11.2 Å². The van der Waals surface area contributed by atoms with Crippen molar-refractivity contribution in [1.82, 2.24) is 20.4 Å². The Balaban J connectivity index is 1.38. The van der Waals surface area contributed by atoms with Gasteiger partial charge in [0.2, 0.25) is 17.6 Å². The fourth-order valence-corrected chi connectivity index (χ4v) is 3.60. The van der Waals surface area contributed by atoms with E-state index in [1.54, 1.807) is 18.6 Å². The van der Waals surface area contributed by atoms with E-state index in [9.17, 15) is 4.79 Å². The van der Waals surface area contributed by atoms with Crippen molar-refractivity contribution >= 4 is 5.91 Å². The lowest BCUT2D eigenvalue weighted by molar-refractivity contribution is -0.133. The molecule has 2 aromatic rings. The predicted molar refractivity (Wildman–Crippen MR) is 81.5 cm³/mol. The number of carbonyl (C=O) groups is 1. The molecule has 1 N–H and O–H groups in total. The van der Waals surface area contributed by atoms with Crippen molar-refractivity contribution in [2.45, 2.75) is 44.2 Å². The van der Waals surface area contributed by atoms with Crippen molar-refractivity contribution in [2.75, 3.05) is 13.1 Å². The lowest BCUT2D eigenvalue weighted by Gasteiger charge is -2.27. The molecule has 7 heteroatoms. The summed E-state index contributed by atoms with van der Waals surface area (Å²) in [6.45, 7) is 1.91. The number of aromatic nitrogens is 2. The van der Waals surface area contributed by atoms with Crippen molar-refractivity contribution in [3.05, 3.63) is 24.5 Å². The highest BCUT2D eigenvalue weighted by Crippen LogP contribution is 2.28. The third kappa shape index (κ3) is 2.88. The van der Waals surface area contributed by atoms with E-state index in [1.807, 2.05) is 0 Å². The Hall–Kier alpha value is -2.15. The highest BCUT2D eigenvalue weighted by molar-refractivity contribution is 5.77. The third-order valence-corrected chi connectivity index (χ3v) is 4.74. The third-order valence-electron chi connectivity index (χ3n) is 4.74. The van der Waals surface area contributed by atoms with Gasteiger partial charge < -0.3 is 19.2 Å². The molecule has 2 aromatic heterocycles. The molecular formula is C16H20N4O3. The summed E-state index contributed by atoms with van der Waals surface area (Å²) in [7, 11) is 0. The van der Waals surface area contributed by atoms with Gasteiger partial charge in [0.25, 0.3) is 0 Å². The van der Waals surface area contributed by atoms with Crippen LogP contribution in [0, 0.1) is 0 Å². The van der Waals surface area contributed by atoms with Crippen LogP contribution in [0.4, 0.5) is 0 Å². The number of amides is 1. The molecule has 2 saturated heterocycles. The quantitative estimate of drug-likeness (QED) is 0.922. The molecule has 0 aromatic carbocycles. The Morgan fingerprint density at radius 3 is 3.13 bits per heavy atom. The summed E-state index contributed by atoms with van der Waals surface area (Å²) < 4.78 is 10.2. The van der Waals surface area contributed by atoms with Gasteiger partial charge in [0.05, 0.1) is 11.8 Å².